The summed E-state index contributed by atoms with van der Waals surface area (Å²) in [7, 11) is 0. The van der Waals surface area contributed by atoms with Crippen molar-refractivity contribution in [3.63, 3.8) is 0 Å². The van der Waals surface area contributed by atoms with Gasteiger partial charge in [0.2, 0.25) is 0 Å². The minimum atomic E-state index is -0.259. The summed E-state index contributed by atoms with van der Waals surface area (Å²) in [6.45, 7) is 6.25. The van der Waals surface area contributed by atoms with Crippen LogP contribution in [0, 0.1) is 20.8 Å². The third-order valence-corrected chi connectivity index (χ3v) is 5.31. The second-order valence-corrected chi connectivity index (χ2v) is 7.72. The van der Waals surface area contributed by atoms with Gasteiger partial charge in [0.15, 0.2) is 0 Å². The summed E-state index contributed by atoms with van der Waals surface area (Å²) in [5.74, 6) is 1.24. The van der Waals surface area contributed by atoms with Crippen LogP contribution in [0.3, 0.4) is 0 Å². The van der Waals surface area contributed by atoms with Crippen molar-refractivity contribution in [3.8, 4) is 11.3 Å². The molecular formula is C24H21N5O3. The van der Waals surface area contributed by atoms with Gasteiger partial charge in [-0.3, -0.25) is 4.79 Å². The lowest BCUT2D eigenvalue weighted by atomic mass is 10.1. The number of carbonyl (C=O) groups excluding carboxylic acids is 1. The van der Waals surface area contributed by atoms with E-state index in [0.717, 1.165) is 22.6 Å². The maximum Gasteiger partial charge on any atom is 0.259 e. The predicted molar refractivity (Wildman–Crippen MR) is 119 cm³/mol. The van der Waals surface area contributed by atoms with Crippen LogP contribution in [0.25, 0.3) is 22.4 Å². The zero-order valence-corrected chi connectivity index (χ0v) is 17.9. The fourth-order valence-electron chi connectivity index (χ4n) is 3.78. The van der Waals surface area contributed by atoms with Crippen molar-refractivity contribution in [1.82, 2.24) is 19.7 Å². The van der Waals surface area contributed by atoms with Crippen LogP contribution in [0.15, 0.2) is 64.1 Å². The topological polar surface area (TPSA) is 99.0 Å². The van der Waals surface area contributed by atoms with Crippen molar-refractivity contribution in [1.29, 1.82) is 0 Å². The van der Waals surface area contributed by atoms with E-state index in [9.17, 15) is 4.79 Å². The number of nitrogens with zero attached hydrogens (tertiary/aromatic N) is 4. The quantitative estimate of drug-likeness (QED) is 0.428. The zero-order chi connectivity index (χ0) is 22.2. The number of amides is 1. The van der Waals surface area contributed by atoms with Gasteiger partial charge < -0.3 is 18.8 Å². The molecule has 0 saturated carbocycles. The van der Waals surface area contributed by atoms with E-state index in [1.54, 1.807) is 25.5 Å². The van der Waals surface area contributed by atoms with Crippen LogP contribution in [0.2, 0.25) is 0 Å². The van der Waals surface area contributed by atoms with Crippen LogP contribution < -0.4 is 5.32 Å². The summed E-state index contributed by atoms with van der Waals surface area (Å²) in [5.41, 5.74) is 4.60. The normalized spacial score (nSPS) is 11.2. The van der Waals surface area contributed by atoms with Gasteiger partial charge in [0, 0.05) is 30.2 Å². The third-order valence-electron chi connectivity index (χ3n) is 5.31. The molecule has 0 fully saturated rings. The van der Waals surface area contributed by atoms with Gasteiger partial charge in [-0.15, -0.1) is 0 Å². The van der Waals surface area contributed by atoms with Crippen molar-refractivity contribution in [2.24, 2.45) is 0 Å². The highest BCUT2D eigenvalue weighted by atomic mass is 16.5. The smallest absolute Gasteiger partial charge is 0.259 e. The molecule has 0 saturated heterocycles. The van der Waals surface area contributed by atoms with Crippen LogP contribution >= 0.6 is 0 Å². The van der Waals surface area contributed by atoms with Gasteiger partial charge in [0.05, 0.1) is 28.7 Å². The maximum atomic E-state index is 13.2. The van der Waals surface area contributed by atoms with Crippen LogP contribution in [0.5, 0.6) is 0 Å². The molecule has 160 valence electrons. The monoisotopic (exact) mass is 427 g/mol. The van der Waals surface area contributed by atoms with E-state index >= 15 is 0 Å². The Bertz CT molecular complexity index is 1410. The zero-order valence-electron chi connectivity index (χ0n) is 17.9. The van der Waals surface area contributed by atoms with Gasteiger partial charge in [-0.05, 0) is 50.6 Å². The molecule has 8 nitrogen and oxygen atoms in total. The number of aryl methyl sites for hydroxylation is 3. The molecule has 0 unspecified atom stereocenters. The van der Waals surface area contributed by atoms with E-state index in [0.29, 0.717) is 40.3 Å². The number of aromatic nitrogens is 4. The minimum Gasteiger partial charge on any atom is -0.466 e. The summed E-state index contributed by atoms with van der Waals surface area (Å²) in [6.07, 6.45) is 5.43. The lowest BCUT2D eigenvalue weighted by Crippen LogP contribution is -2.13. The molecule has 0 aliphatic heterocycles. The first kappa shape index (κ1) is 19.7. The first-order chi connectivity index (χ1) is 15.5. The molecular weight excluding hydrogens is 406 g/mol. The number of benzene rings is 1. The maximum absolute atomic E-state index is 13.2. The Morgan fingerprint density at radius 3 is 2.62 bits per heavy atom. The van der Waals surface area contributed by atoms with E-state index in [1.165, 1.54) is 0 Å². The van der Waals surface area contributed by atoms with Crippen molar-refractivity contribution in [2.75, 3.05) is 5.32 Å². The van der Waals surface area contributed by atoms with Crippen molar-refractivity contribution >= 4 is 22.7 Å². The Morgan fingerprint density at radius 1 is 1.12 bits per heavy atom. The van der Waals surface area contributed by atoms with Crippen molar-refractivity contribution < 1.29 is 13.7 Å². The number of fused-ring (bicyclic) bond motifs is 1. The van der Waals surface area contributed by atoms with Gasteiger partial charge in [-0.1, -0.05) is 17.3 Å². The highest BCUT2D eigenvalue weighted by molar-refractivity contribution is 6.13. The van der Waals surface area contributed by atoms with Crippen LogP contribution in [-0.2, 0) is 6.54 Å². The number of hydrogen-bond acceptors (Lipinski definition) is 6. The Balaban J connectivity index is 1.46. The summed E-state index contributed by atoms with van der Waals surface area (Å²) >= 11 is 0. The van der Waals surface area contributed by atoms with Crippen LogP contribution in [-0.4, -0.2) is 25.6 Å². The molecule has 5 rings (SSSR count). The van der Waals surface area contributed by atoms with Gasteiger partial charge >= 0.3 is 0 Å². The second-order valence-electron chi connectivity index (χ2n) is 7.72. The van der Waals surface area contributed by atoms with E-state index in [4.69, 9.17) is 8.94 Å². The van der Waals surface area contributed by atoms with Gasteiger partial charge in [-0.25, -0.2) is 9.97 Å². The number of anilines is 1. The molecule has 0 spiro atoms. The molecule has 0 aliphatic rings. The molecule has 0 bridgehead atoms. The first-order valence-electron chi connectivity index (χ1n) is 10.2. The molecule has 1 N–H and O–H groups in total. The van der Waals surface area contributed by atoms with E-state index in [-0.39, 0.29) is 5.91 Å². The van der Waals surface area contributed by atoms with Crippen LogP contribution in [0.4, 0.5) is 5.69 Å². The molecule has 0 aliphatic carbocycles. The summed E-state index contributed by atoms with van der Waals surface area (Å²) in [5, 5.41) is 7.58. The van der Waals surface area contributed by atoms with Crippen molar-refractivity contribution in [3.05, 3.63) is 83.5 Å². The molecule has 0 radical (unpaired) electrons. The fourth-order valence-corrected chi connectivity index (χ4v) is 3.78. The number of imidazole rings is 1. The largest absolute Gasteiger partial charge is 0.466 e. The molecule has 4 heterocycles. The molecule has 5 aromatic rings. The lowest BCUT2D eigenvalue weighted by Gasteiger charge is -2.09. The van der Waals surface area contributed by atoms with Crippen molar-refractivity contribution in [2.45, 2.75) is 27.3 Å². The van der Waals surface area contributed by atoms with E-state index in [1.807, 2.05) is 54.9 Å². The standard InChI is InChI=1S/C24H21N5O3/c1-14-10-19(16(3)31-14)21-11-20(22-15(2)28-32-24(22)27-21)23(30)26-18-6-4-17(5-7-18)12-29-9-8-25-13-29/h4-11,13H,12H2,1-3H3,(H,26,30). The molecule has 4 aromatic heterocycles. The van der Waals surface area contributed by atoms with Gasteiger partial charge in [0.1, 0.15) is 11.5 Å². The Kier molecular flexibility index (Phi) is 4.82. The number of carbonyl (C=O) groups is 1. The highest BCUT2D eigenvalue weighted by Gasteiger charge is 2.21. The summed E-state index contributed by atoms with van der Waals surface area (Å²) in [6, 6.07) is 11.4. The lowest BCUT2D eigenvalue weighted by molar-refractivity contribution is 0.102. The predicted octanol–water partition coefficient (Wildman–Crippen LogP) is 4.91. The Labute approximate surface area is 183 Å². The minimum absolute atomic E-state index is 0.259. The SMILES string of the molecule is Cc1cc(-c2cc(C(=O)Nc3ccc(Cn4ccnc4)cc3)c3c(C)noc3n2)c(C)o1. The third kappa shape index (κ3) is 3.66. The van der Waals surface area contributed by atoms with Gasteiger partial charge in [0.25, 0.3) is 11.6 Å². The molecule has 8 heteroatoms. The second kappa shape index (κ2) is 7.81. The first-order valence-corrected chi connectivity index (χ1v) is 10.2. The highest BCUT2D eigenvalue weighted by Crippen LogP contribution is 2.30. The molecule has 1 amide bonds. The summed E-state index contributed by atoms with van der Waals surface area (Å²) < 4.78 is 13.0. The Morgan fingerprint density at radius 2 is 1.94 bits per heavy atom. The van der Waals surface area contributed by atoms with E-state index < -0.39 is 0 Å². The van der Waals surface area contributed by atoms with Gasteiger partial charge in [-0.2, -0.15) is 0 Å². The van der Waals surface area contributed by atoms with Crippen LogP contribution in [0.1, 0.15) is 33.1 Å². The average molecular weight is 427 g/mol. The fraction of sp³-hybridized carbons (Fsp3) is 0.167. The number of rotatable bonds is 5. The average Bonchev–Trinajstić information content (AvgIpc) is 3.50. The number of hydrogen-bond donors (Lipinski definition) is 1. The number of nitrogens with one attached hydrogen (secondary N) is 1. The molecule has 1 aromatic carbocycles. The number of furan rings is 1. The van der Waals surface area contributed by atoms with E-state index in [2.05, 4.69) is 20.4 Å². The molecule has 32 heavy (non-hydrogen) atoms. The number of pyridine rings is 1. The molecule has 0 atom stereocenters. The summed E-state index contributed by atoms with van der Waals surface area (Å²) in [4.78, 5) is 21.9. The Hall–Kier alpha value is -4.20.